The molecule has 0 bridgehead atoms. The molecule has 142 valence electrons. The number of carboxylic acid groups (broad SMARTS) is 1. The number of imidazole rings is 1. The second-order valence-electron chi connectivity index (χ2n) is 6.08. The molecule has 0 unspecified atom stereocenters. The second-order valence-corrected chi connectivity index (χ2v) is 7.23. The maximum atomic E-state index is 10.7. The number of anilines is 1. The summed E-state index contributed by atoms with van der Waals surface area (Å²) in [5, 5.41) is 29.4. The first-order chi connectivity index (χ1) is 12.4. The lowest BCUT2D eigenvalue weighted by molar-refractivity contribution is -0.138. The van der Waals surface area contributed by atoms with Crippen LogP contribution in [0, 0.1) is 0 Å². The Hall–Kier alpha value is -1.92. The van der Waals surface area contributed by atoms with Crippen LogP contribution in [0.3, 0.4) is 0 Å². The van der Waals surface area contributed by atoms with E-state index < -0.39 is 36.6 Å². The van der Waals surface area contributed by atoms with Crippen LogP contribution in [0.4, 0.5) is 5.69 Å². The number of nitrogens with zero attached hydrogens (tertiary/aromatic N) is 3. The Morgan fingerprint density at radius 2 is 2.15 bits per heavy atom. The molecule has 0 amide bonds. The van der Waals surface area contributed by atoms with Gasteiger partial charge in [0, 0.05) is 11.9 Å². The predicted octanol–water partition coefficient (Wildman–Crippen LogP) is -0.832. The van der Waals surface area contributed by atoms with E-state index in [1.54, 1.807) is 10.6 Å². The number of aromatic nitrogens is 3. The van der Waals surface area contributed by atoms with Crippen LogP contribution in [0.1, 0.15) is 12.6 Å². The Kier molecular flexibility index (Phi) is 5.63. The number of hydrogen-bond acceptors (Lipinski definition) is 9. The lowest BCUT2D eigenvalue weighted by atomic mass is 10.1. The highest BCUT2D eigenvalue weighted by atomic mass is 32.2. The minimum atomic E-state index is -1.15. The SMILES string of the molecule is Nc1ccnc2c1ncn2[C@@H]1O[C@H](CSCC[C@H](N)C(=O)O)[C@@H](O)[C@H]1O. The molecule has 1 fully saturated rings. The number of aliphatic hydroxyl groups is 2. The van der Waals surface area contributed by atoms with Crippen LogP contribution in [-0.2, 0) is 9.53 Å². The van der Waals surface area contributed by atoms with Gasteiger partial charge in [0.2, 0.25) is 0 Å². The van der Waals surface area contributed by atoms with E-state index in [4.69, 9.17) is 21.3 Å². The summed E-state index contributed by atoms with van der Waals surface area (Å²) in [5.74, 6) is -0.145. The second kappa shape index (κ2) is 7.76. The molecule has 1 aliphatic heterocycles. The Balaban J connectivity index is 1.64. The Morgan fingerprint density at radius 1 is 1.38 bits per heavy atom. The topological polar surface area (TPSA) is 170 Å². The summed E-state index contributed by atoms with van der Waals surface area (Å²) >= 11 is 1.41. The summed E-state index contributed by atoms with van der Waals surface area (Å²) in [4.78, 5) is 19.1. The zero-order chi connectivity index (χ0) is 18.8. The van der Waals surface area contributed by atoms with Crippen molar-refractivity contribution in [2.75, 3.05) is 17.2 Å². The van der Waals surface area contributed by atoms with Crippen LogP contribution in [0.25, 0.3) is 11.2 Å². The molecule has 26 heavy (non-hydrogen) atoms. The van der Waals surface area contributed by atoms with Crippen LogP contribution in [-0.4, -0.2) is 71.7 Å². The average molecular weight is 383 g/mol. The molecule has 0 saturated carbocycles. The number of thioether (sulfide) groups is 1. The number of nitrogens with two attached hydrogens (primary N) is 2. The van der Waals surface area contributed by atoms with Crippen molar-refractivity contribution in [2.45, 2.75) is 37.0 Å². The highest BCUT2D eigenvalue weighted by Gasteiger charge is 2.44. The van der Waals surface area contributed by atoms with Gasteiger partial charge in [-0.2, -0.15) is 11.8 Å². The van der Waals surface area contributed by atoms with Gasteiger partial charge in [-0.1, -0.05) is 0 Å². The molecule has 1 aliphatic rings. The van der Waals surface area contributed by atoms with E-state index in [0.29, 0.717) is 34.8 Å². The molecule has 11 heteroatoms. The molecule has 3 rings (SSSR count). The molecule has 0 spiro atoms. The minimum absolute atomic E-state index is 0.310. The third-order valence-corrected chi connectivity index (χ3v) is 5.36. The highest BCUT2D eigenvalue weighted by molar-refractivity contribution is 7.99. The van der Waals surface area contributed by atoms with Gasteiger partial charge >= 0.3 is 5.97 Å². The average Bonchev–Trinajstić information content (AvgIpc) is 3.15. The van der Waals surface area contributed by atoms with Crippen LogP contribution in [0.2, 0.25) is 0 Å². The molecule has 0 radical (unpaired) electrons. The van der Waals surface area contributed by atoms with E-state index in [-0.39, 0.29) is 0 Å². The van der Waals surface area contributed by atoms with Crippen molar-refractivity contribution < 1.29 is 24.9 Å². The van der Waals surface area contributed by atoms with Crippen LogP contribution >= 0.6 is 11.8 Å². The molecule has 0 aliphatic carbocycles. The summed E-state index contributed by atoms with van der Waals surface area (Å²) in [7, 11) is 0. The molecular formula is C15H21N5O5S. The third kappa shape index (κ3) is 3.62. The molecule has 2 aromatic rings. The number of rotatable bonds is 7. The Bertz CT molecular complexity index is 787. The number of nitrogen functional groups attached to an aromatic ring is 1. The smallest absolute Gasteiger partial charge is 0.320 e. The van der Waals surface area contributed by atoms with E-state index in [1.807, 2.05) is 0 Å². The number of pyridine rings is 1. The maximum Gasteiger partial charge on any atom is 0.320 e. The van der Waals surface area contributed by atoms with Gasteiger partial charge in [-0.05, 0) is 18.2 Å². The molecule has 1 saturated heterocycles. The van der Waals surface area contributed by atoms with Gasteiger partial charge in [0.25, 0.3) is 0 Å². The monoisotopic (exact) mass is 383 g/mol. The standard InChI is InChI=1S/C15H21N5O5S/c16-7-1-3-18-13-10(7)19-6-20(13)14-12(22)11(21)9(25-14)5-26-4-2-8(17)15(23)24/h1,3,6,8-9,11-12,14,21-22H,2,4-5,17H2,(H2,16,18)(H,23,24)/t8-,9+,11+,12+,14+/m0/s1. The maximum absolute atomic E-state index is 10.7. The molecule has 5 atom stereocenters. The number of carboxylic acids is 1. The van der Waals surface area contributed by atoms with Gasteiger partial charge < -0.3 is 31.5 Å². The summed E-state index contributed by atoms with van der Waals surface area (Å²) < 4.78 is 7.35. The van der Waals surface area contributed by atoms with Gasteiger partial charge in [-0.25, -0.2) is 9.97 Å². The lowest BCUT2D eigenvalue weighted by Gasteiger charge is -2.16. The van der Waals surface area contributed by atoms with Crippen molar-refractivity contribution in [3.8, 4) is 0 Å². The number of aliphatic carboxylic acids is 1. The molecule has 0 aromatic carbocycles. The quantitative estimate of drug-likeness (QED) is 0.380. The van der Waals surface area contributed by atoms with Crippen molar-refractivity contribution in [3.63, 3.8) is 0 Å². The van der Waals surface area contributed by atoms with Gasteiger partial charge in [0.1, 0.15) is 23.8 Å². The van der Waals surface area contributed by atoms with Crippen LogP contribution in [0.15, 0.2) is 18.6 Å². The van der Waals surface area contributed by atoms with Crippen molar-refractivity contribution in [1.29, 1.82) is 0 Å². The number of carbonyl (C=O) groups is 1. The number of ether oxygens (including phenoxy) is 1. The molecule has 7 N–H and O–H groups in total. The Labute approximate surface area is 153 Å². The van der Waals surface area contributed by atoms with Gasteiger partial charge in [-0.15, -0.1) is 0 Å². The summed E-state index contributed by atoms with van der Waals surface area (Å²) in [5.41, 5.74) is 12.7. The number of aliphatic hydroxyl groups excluding tert-OH is 2. The molecule has 2 aromatic heterocycles. The lowest BCUT2D eigenvalue weighted by Crippen LogP contribution is -2.33. The van der Waals surface area contributed by atoms with Crippen LogP contribution < -0.4 is 11.5 Å². The van der Waals surface area contributed by atoms with E-state index in [1.165, 1.54) is 24.3 Å². The first kappa shape index (κ1) is 18.9. The number of fused-ring (bicyclic) bond motifs is 1. The highest BCUT2D eigenvalue weighted by Crippen LogP contribution is 2.33. The zero-order valence-corrected chi connectivity index (χ0v) is 14.6. The minimum Gasteiger partial charge on any atom is -0.480 e. The summed E-state index contributed by atoms with van der Waals surface area (Å²) in [6, 6.07) is 0.714. The first-order valence-corrected chi connectivity index (χ1v) is 9.20. The first-order valence-electron chi connectivity index (χ1n) is 8.05. The van der Waals surface area contributed by atoms with Crippen molar-refractivity contribution in [3.05, 3.63) is 18.6 Å². The van der Waals surface area contributed by atoms with Crippen molar-refractivity contribution in [2.24, 2.45) is 5.73 Å². The van der Waals surface area contributed by atoms with Gasteiger partial charge in [0.15, 0.2) is 11.9 Å². The van der Waals surface area contributed by atoms with Gasteiger partial charge in [0.05, 0.1) is 18.1 Å². The predicted molar refractivity (Wildman–Crippen MR) is 95.4 cm³/mol. The molecular weight excluding hydrogens is 362 g/mol. The Morgan fingerprint density at radius 3 is 2.88 bits per heavy atom. The third-order valence-electron chi connectivity index (χ3n) is 4.28. The van der Waals surface area contributed by atoms with E-state index in [2.05, 4.69) is 9.97 Å². The summed E-state index contributed by atoms with van der Waals surface area (Å²) in [6.45, 7) is 0. The zero-order valence-electron chi connectivity index (χ0n) is 13.8. The molecule has 10 nitrogen and oxygen atoms in total. The summed E-state index contributed by atoms with van der Waals surface area (Å²) in [6.07, 6.45) is -0.371. The van der Waals surface area contributed by atoms with Crippen LogP contribution in [0.5, 0.6) is 0 Å². The number of hydrogen-bond donors (Lipinski definition) is 5. The van der Waals surface area contributed by atoms with E-state index in [0.717, 1.165) is 0 Å². The fourth-order valence-corrected chi connectivity index (χ4v) is 3.86. The fourth-order valence-electron chi connectivity index (χ4n) is 2.77. The normalized spacial score (nSPS) is 27.0. The fraction of sp³-hybridized carbons (Fsp3) is 0.533. The van der Waals surface area contributed by atoms with Crippen molar-refractivity contribution >= 4 is 34.6 Å². The van der Waals surface area contributed by atoms with Crippen molar-refractivity contribution in [1.82, 2.24) is 14.5 Å². The molecule has 3 heterocycles. The van der Waals surface area contributed by atoms with E-state index >= 15 is 0 Å². The van der Waals surface area contributed by atoms with Gasteiger partial charge in [-0.3, -0.25) is 9.36 Å². The van der Waals surface area contributed by atoms with E-state index in [9.17, 15) is 15.0 Å². The largest absolute Gasteiger partial charge is 0.480 e.